The zero-order valence-electron chi connectivity index (χ0n) is 21.7. The van der Waals surface area contributed by atoms with Gasteiger partial charge in [0.25, 0.3) is 11.8 Å². The number of ether oxygens (including phenoxy) is 1. The van der Waals surface area contributed by atoms with Crippen molar-refractivity contribution in [3.63, 3.8) is 0 Å². The third-order valence-electron chi connectivity index (χ3n) is 5.65. The lowest BCUT2D eigenvalue weighted by atomic mass is 9.82. The van der Waals surface area contributed by atoms with Gasteiger partial charge in [0.05, 0.1) is 31.0 Å². The molecule has 0 spiro atoms. The van der Waals surface area contributed by atoms with E-state index in [-0.39, 0.29) is 42.0 Å². The van der Waals surface area contributed by atoms with Crippen molar-refractivity contribution in [2.75, 3.05) is 18.5 Å². The summed E-state index contributed by atoms with van der Waals surface area (Å²) in [5.74, 6) is -3.17. The Bertz CT molecular complexity index is 1200. The molecule has 0 aliphatic carbocycles. The highest BCUT2D eigenvalue weighted by molar-refractivity contribution is 5.94. The molecular formula is C27H33F2N5O3. The van der Waals surface area contributed by atoms with Crippen LogP contribution in [0.1, 0.15) is 68.7 Å². The van der Waals surface area contributed by atoms with Gasteiger partial charge in [-0.1, -0.05) is 32.9 Å². The number of hydrogen-bond donors (Lipinski definition) is 2. The van der Waals surface area contributed by atoms with Gasteiger partial charge in [-0.25, -0.2) is 9.97 Å². The van der Waals surface area contributed by atoms with Crippen LogP contribution in [0.3, 0.4) is 0 Å². The Morgan fingerprint density at radius 1 is 1.05 bits per heavy atom. The van der Waals surface area contributed by atoms with Crippen LogP contribution in [0, 0.1) is 5.41 Å². The van der Waals surface area contributed by atoms with Gasteiger partial charge in [-0.15, -0.1) is 0 Å². The summed E-state index contributed by atoms with van der Waals surface area (Å²) in [7, 11) is 0. The van der Waals surface area contributed by atoms with Crippen molar-refractivity contribution >= 4 is 17.6 Å². The van der Waals surface area contributed by atoms with Gasteiger partial charge in [-0.2, -0.15) is 8.78 Å². The zero-order valence-corrected chi connectivity index (χ0v) is 21.7. The average Bonchev–Trinajstić information content (AvgIpc) is 3.34. The molecule has 0 saturated heterocycles. The van der Waals surface area contributed by atoms with Crippen molar-refractivity contribution in [2.24, 2.45) is 5.41 Å². The number of rotatable bonds is 10. The van der Waals surface area contributed by atoms with Crippen LogP contribution in [-0.2, 0) is 15.5 Å². The predicted molar refractivity (Wildman–Crippen MR) is 137 cm³/mol. The minimum absolute atomic E-state index is 0.111. The van der Waals surface area contributed by atoms with Crippen molar-refractivity contribution in [1.82, 2.24) is 19.9 Å². The highest BCUT2D eigenvalue weighted by atomic mass is 19.3. The number of alkyl halides is 2. The van der Waals surface area contributed by atoms with Crippen LogP contribution in [0.5, 0.6) is 0 Å². The molecule has 37 heavy (non-hydrogen) atoms. The van der Waals surface area contributed by atoms with Gasteiger partial charge >= 0.3 is 5.97 Å². The first-order chi connectivity index (χ1) is 17.4. The monoisotopic (exact) mass is 513 g/mol. The van der Waals surface area contributed by atoms with E-state index in [0.29, 0.717) is 18.0 Å². The number of imidazole rings is 1. The number of benzene rings is 1. The van der Waals surface area contributed by atoms with E-state index in [0.717, 1.165) is 18.2 Å². The molecule has 0 aliphatic rings. The SMILES string of the molecule is CCOC(=O)CCNC(=O)c1ccc(C(Nc2ccc(-n3cnc(C(C)(F)F)c3)nc2)C(C)(C)C)cc1. The van der Waals surface area contributed by atoms with Gasteiger partial charge in [0, 0.05) is 25.2 Å². The Morgan fingerprint density at radius 2 is 1.76 bits per heavy atom. The van der Waals surface area contributed by atoms with Gasteiger partial charge in [-0.3, -0.25) is 14.2 Å². The number of pyridine rings is 1. The van der Waals surface area contributed by atoms with Crippen molar-refractivity contribution in [2.45, 2.75) is 53.0 Å². The number of anilines is 1. The number of carbonyl (C=O) groups excluding carboxylic acids is 2. The summed E-state index contributed by atoms with van der Waals surface area (Å²) >= 11 is 0. The standard InChI is InChI=1S/C27H33F2N5O3/c1-6-37-23(35)13-14-30-25(36)19-9-7-18(8-10-19)24(26(2,3)4)33-20-11-12-22(31-15-20)34-16-21(32-17-34)27(5,28)29/h7-12,15-17,24,33H,6,13-14H2,1-5H3,(H,30,36). The molecule has 2 aromatic heterocycles. The average molecular weight is 514 g/mol. The molecule has 1 aromatic carbocycles. The van der Waals surface area contributed by atoms with Gasteiger partial charge < -0.3 is 15.4 Å². The third kappa shape index (κ3) is 7.58. The Morgan fingerprint density at radius 3 is 2.30 bits per heavy atom. The van der Waals surface area contributed by atoms with Crippen LogP contribution in [0.2, 0.25) is 0 Å². The van der Waals surface area contributed by atoms with E-state index >= 15 is 0 Å². The van der Waals surface area contributed by atoms with Crippen molar-refractivity contribution in [3.8, 4) is 5.82 Å². The first-order valence-electron chi connectivity index (χ1n) is 12.1. The topological polar surface area (TPSA) is 98.1 Å². The summed E-state index contributed by atoms with van der Waals surface area (Å²) in [5.41, 5.74) is 1.72. The number of esters is 1. The Labute approximate surface area is 215 Å². The van der Waals surface area contributed by atoms with E-state index in [4.69, 9.17) is 4.74 Å². The minimum atomic E-state index is -3.02. The number of carbonyl (C=O) groups is 2. The normalized spacial score (nSPS) is 12.6. The van der Waals surface area contributed by atoms with Gasteiger partial charge in [0.2, 0.25) is 0 Å². The zero-order chi connectivity index (χ0) is 27.2. The molecular weight excluding hydrogens is 480 g/mol. The van der Waals surface area contributed by atoms with Crippen LogP contribution in [-0.4, -0.2) is 39.6 Å². The molecule has 3 aromatic rings. The molecule has 1 amide bonds. The second kappa shape index (κ2) is 11.5. The largest absolute Gasteiger partial charge is 0.466 e. The van der Waals surface area contributed by atoms with E-state index in [9.17, 15) is 18.4 Å². The molecule has 198 valence electrons. The van der Waals surface area contributed by atoms with Crippen LogP contribution in [0.4, 0.5) is 14.5 Å². The number of aromatic nitrogens is 3. The van der Waals surface area contributed by atoms with Crippen molar-refractivity contribution in [1.29, 1.82) is 0 Å². The molecule has 3 rings (SSSR count). The van der Waals surface area contributed by atoms with Gasteiger partial charge in [-0.05, 0) is 42.2 Å². The Hall–Kier alpha value is -3.82. The maximum Gasteiger partial charge on any atom is 0.307 e. The number of nitrogens with one attached hydrogen (secondary N) is 2. The summed E-state index contributed by atoms with van der Waals surface area (Å²) in [6, 6.07) is 10.7. The van der Waals surface area contributed by atoms with E-state index < -0.39 is 5.92 Å². The smallest absolute Gasteiger partial charge is 0.307 e. The van der Waals surface area contributed by atoms with Crippen molar-refractivity contribution in [3.05, 3.63) is 71.9 Å². The lowest BCUT2D eigenvalue weighted by Crippen LogP contribution is -2.27. The van der Waals surface area contributed by atoms with Crippen LogP contribution >= 0.6 is 0 Å². The number of hydrogen-bond acceptors (Lipinski definition) is 6. The highest BCUT2D eigenvalue weighted by Crippen LogP contribution is 2.36. The van der Waals surface area contributed by atoms with Crippen LogP contribution in [0.15, 0.2) is 55.1 Å². The second-order valence-corrected chi connectivity index (χ2v) is 9.84. The number of nitrogens with zero attached hydrogens (tertiary/aromatic N) is 3. The lowest BCUT2D eigenvalue weighted by Gasteiger charge is -2.33. The number of halogens is 2. The fourth-order valence-electron chi connectivity index (χ4n) is 3.71. The third-order valence-corrected chi connectivity index (χ3v) is 5.65. The Kier molecular flexibility index (Phi) is 8.62. The fourth-order valence-corrected chi connectivity index (χ4v) is 3.71. The van der Waals surface area contributed by atoms with Crippen molar-refractivity contribution < 1.29 is 23.1 Å². The van der Waals surface area contributed by atoms with E-state index in [1.165, 1.54) is 17.1 Å². The number of amides is 1. The maximum absolute atomic E-state index is 13.5. The molecule has 0 fully saturated rings. The van der Waals surface area contributed by atoms with Crippen LogP contribution < -0.4 is 10.6 Å². The molecule has 0 bridgehead atoms. The van der Waals surface area contributed by atoms with E-state index in [2.05, 4.69) is 41.4 Å². The maximum atomic E-state index is 13.5. The molecule has 0 aliphatic heterocycles. The van der Waals surface area contributed by atoms with E-state index in [1.54, 1.807) is 31.3 Å². The molecule has 0 radical (unpaired) electrons. The molecule has 1 atom stereocenters. The lowest BCUT2D eigenvalue weighted by molar-refractivity contribution is -0.142. The summed E-state index contributed by atoms with van der Waals surface area (Å²) in [5, 5.41) is 6.22. The molecule has 2 N–H and O–H groups in total. The minimum Gasteiger partial charge on any atom is -0.466 e. The fraction of sp³-hybridized carbons (Fsp3) is 0.407. The Balaban J connectivity index is 1.68. The first-order valence-corrected chi connectivity index (χ1v) is 12.1. The summed E-state index contributed by atoms with van der Waals surface area (Å²) in [6.45, 7) is 9.34. The predicted octanol–water partition coefficient (Wildman–Crippen LogP) is 5.26. The van der Waals surface area contributed by atoms with Crippen LogP contribution in [0.25, 0.3) is 5.82 Å². The second-order valence-electron chi connectivity index (χ2n) is 9.84. The molecule has 2 heterocycles. The van der Waals surface area contributed by atoms with E-state index in [1.807, 2.05) is 18.2 Å². The summed E-state index contributed by atoms with van der Waals surface area (Å²) < 4.78 is 33.3. The molecule has 1 unspecified atom stereocenters. The summed E-state index contributed by atoms with van der Waals surface area (Å²) in [6.07, 6.45) is 4.34. The molecule has 0 saturated carbocycles. The van der Waals surface area contributed by atoms with Gasteiger partial charge in [0.15, 0.2) is 0 Å². The first kappa shape index (κ1) is 27.8. The van der Waals surface area contributed by atoms with Gasteiger partial charge in [0.1, 0.15) is 17.8 Å². The summed E-state index contributed by atoms with van der Waals surface area (Å²) in [4.78, 5) is 32.0. The molecule has 10 heteroatoms. The quantitative estimate of drug-likeness (QED) is 0.359. The highest BCUT2D eigenvalue weighted by Gasteiger charge is 2.28. The molecule has 8 nitrogen and oxygen atoms in total.